The van der Waals surface area contributed by atoms with Crippen LogP contribution in [0.2, 0.25) is 0 Å². The molecule has 45 heavy (non-hydrogen) atoms. The first kappa shape index (κ1) is 31.5. The number of rotatable bonds is 6. The molecule has 5 rings (SSSR count). The Hall–Kier alpha value is -4.96. The number of nitrogens with zero attached hydrogens (tertiary/aromatic N) is 4. The second kappa shape index (κ2) is 11.2. The molecule has 5 aromatic rings. The number of hydrogen-bond acceptors (Lipinski definition) is 11. The Bertz CT molecular complexity index is 2350. The molecular weight excluding hydrogens is 624 g/mol. The molecule has 15 heteroatoms. The van der Waals surface area contributed by atoms with Crippen molar-refractivity contribution in [3.8, 4) is 17.2 Å². The Morgan fingerprint density at radius 3 is 1.84 bits per heavy atom. The average molecular weight is 651 g/mol. The van der Waals surface area contributed by atoms with E-state index in [1.807, 2.05) is 0 Å². The van der Waals surface area contributed by atoms with Crippen LogP contribution in [-0.2, 0) is 20.2 Å². The molecule has 5 N–H and O–H groups in total. The van der Waals surface area contributed by atoms with Gasteiger partial charge in [-0.2, -0.15) is 16.8 Å². The van der Waals surface area contributed by atoms with Crippen LogP contribution in [0.15, 0.2) is 84.8 Å². The van der Waals surface area contributed by atoms with E-state index in [9.17, 15) is 41.3 Å². The molecule has 0 aliphatic carbocycles. The van der Waals surface area contributed by atoms with Crippen LogP contribution >= 0.6 is 0 Å². The summed E-state index contributed by atoms with van der Waals surface area (Å²) in [6, 6.07) is 12.4. The summed E-state index contributed by atoms with van der Waals surface area (Å²) in [5.74, 6) is -1.15. The minimum absolute atomic E-state index is 0.0336. The quantitative estimate of drug-likeness (QED) is 0.0897. The summed E-state index contributed by atoms with van der Waals surface area (Å²) in [4.78, 5) is -0.955. The lowest BCUT2D eigenvalue weighted by Crippen LogP contribution is -2.00. The highest BCUT2D eigenvalue weighted by atomic mass is 32.2. The van der Waals surface area contributed by atoms with Crippen LogP contribution in [0.5, 0.6) is 17.2 Å². The highest BCUT2D eigenvalue weighted by molar-refractivity contribution is 7.86. The van der Waals surface area contributed by atoms with Gasteiger partial charge in [0.05, 0.1) is 0 Å². The minimum atomic E-state index is -4.74. The van der Waals surface area contributed by atoms with Gasteiger partial charge in [0, 0.05) is 21.5 Å². The molecular formula is C30H26N4O9S2. The topological polar surface area (TPSA) is 219 Å². The van der Waals surface area contributed by atoms with Crippen molar-refractivity contribution in [2.45, 2.75) is 37.5 Å². The zero-order valence-electron chi connectivity index (χ0n) is 24.2. The molecule has 5 aromatic carbocycles. The molecule has 0 aliphatic heterocycles. The molecule has 0 fully saturated rings. The monoisotopic (exact) mass is 650 g/mol. The number of benzene rings is 5. The van der Waals surface area contributed by atoms with Gasteiger partial charge < -0.3 is 15.3 Å². The lowest BCUT2D eigenvalue weighted by Gasteiger charge is -2.12. The summed E-state index contributed by atoms with van der Waals surface area (Å²) >= 11 is 0. The van der Waals surface area contributed by atoms with E-state index in [-0.39, 0.29) is 55.8 Å². The van der Waals surface area contributed by atoms with Crippen LogP contribution in [0.4, 0.5) is 22.7 Å². The van der Waals surface area contributed by atoms with Gasteiger partial charge in [-0.05, 0) is 86.8 Å². The van der Waals surface area contributed by atoms with Gasteiger partial charge in [0.25, 0.3) is 20.2 Å². The van der Waals surface area contributed by atoms with Gasteiger partial charge in [-0.25, -0.2) is 0 Å². The lowest BCUT2D eigenvalue weighted by atomic mass is 10.0. The maximum atomic E-state index is 12.2. The molecule has 0 unspecified atom stereocenters. The van der Waals surface area contributed by atoms with Crippen molar-refractivity contribution in [1.82, 2.24) is 0 Å². The van der Waals surface area contributed by atoms with Crippen molar-refractivity contribution in [1.29, 1.82) is 0 Å². The highest BCUT2D eigenvalue weighted by Crippen LogP contribution is 2.47. The standard InChI is InChI=1S/C30H26N4O9S2/c1-14-5-7-21(25(11-14)45(41,42)43)31-33-27-17(4)12-19-18(29(27)36)6-8-23(35)28(19)34-32-22-13-24(44(38,39)40)20-10-15(2)9-16(3)26(20)30(22)37/h5-13,35-37H,1-4H3,(H,38,39,40)(H,41,42,43). The van der Waals surface area contributed by atoms with Crippen LogP contribution in [0.25, 0.3) is 21.5 Å². The molecule has 0 saturated heterocycles. The zero-order valence-corrected chi connectivity index (χ0v) is 25.8. The van der Waals surface area contributed by atoms with E-state index in [4.69, 9.17) is 0 Å². The third kappa shape index (κ3) is 5.93. The molecule has 0 bridgehead atoms. The minimum Gasteiger partial charge on any atom is -0.506 e. The summed E-state index contributed by atoms with van der Waals surface area (Å²) in [6.07, 6.45) is 0. The van der Waals surface area contributed by atoms with E-state index in [1.54, 1.807) is 39.8 Å². The number of phenolic OH excluding ortho intramolecular Hbond substituents is 3. The van der Waals surface area contributed by atoms with E-state index in [2.05, 4.69) is 20.5 Å². The molecule has 0 aromatic heterocycles. The molecule has 0 spiro atoms. The molecule has 0 heterocycles. The normalized spacial score (nSPS) is 12.7. The Labute approximate surface area is 257 Å². The Balaban J connectivity index is 1.66. The van der Waals surface area contributed by atoms with E-state index in [1.165, 1.54) is 36.4 Å². The van der Waals surface area contributed by atoms with Crippen LogP contribution in [0, 0.1) is 27.7 Å². The van der Waals surface area contributed by atoms with Crippen LogP contribution in [-0.4, -0.2) is 41.3 Å². The third-order valence-electron chi connectivity index (χ3n) is 7.09. The SMILES string of the molecule is Cc1ccc(N=Nc2c(C)cc3c(N=Nc4cc(S(=O)(=O)O)c5cc(C)cc(C)c5c4O)c(O)ccc3c2O)c(S(=O)(=O)O)c1. The fourth-order valence-electron chi connectivity index (χ4n) is 5.06. The first-order chi connectivity index (χ1) is 21.0. The number of aryl methyl sites for hydroxylation is 4. The molecule has 0 atom stereocenters. The molecule has 0 aliphatic rings. The number of aromatic hydroxyl groups is 3. The van der Waals surface area contributed by atoms with Crippen molar-refractivity contribution in [3.05, 3.63) is 76.9 Å². The second-order valence-electron chi connectivity index (χ2n) is 10.5. The van der Waals surface area contributed by atoms with Crippen LogP contribution in [0.3, 0.4) is 0 Å². The summed E-state index contributed by atoms with van der Waals surface area (Å²) < 4.78 is 67.7. The largest absolute Gasteiger partial charge is 0.506 e. The van der Waals surface area contributed by atoms with Gasteiger partial charge in [-0.1, -0.05) is 17.7 Å². The lowest BCUT2D eigenvalue weighted by molar-refractivity contribution is 0.474. The summed E-state index contributed by atoms with van der Waals surface area (Å²) in [5, 5.41) is 49.4. The van der Waals surface area contributed by atoms with Crippen molar-refractivity contribution in [2.24, 2.45) is 20.5 Å². The maximum absolute atomic E-state index is 12.2. The van der Waals surface area contributed by atoms with Crippen LogP contribution in [0.1, 0.15) is 22.3 Å². The van der Waals surface area contributed by atoms with Gasteiger partial charge in [0.1, 0.15) is 38.3 Å². The molecule has 232 valence electrons. The average Bonchev–Trinajstić information content (AvgIpc) is 2.92. The third-order valence-corrected chi connectivity index (χ3v) is 8.87. The number of hydrogen-bond donors (Lipinski definition) is 5. The smallest absolute Gasteiger partial charge is 0.296 e. The van der Waals surface area contributed by atoms with Gasteiger partial charge in [0.2, 0.25) is 0 Å². The van der Waals surface area contributed by atoms with E-state index >= 15 is 0 Å². The molecule has 0 amide bonds. The molecule has 0 radical (unpaired) electrons. The van der Waals surface area contributed by atoms with Crippen molar-refractivity contribution >= 4 is 64.5 Å². The van der Waals surface area contributed by atoms with Gasteiger partial charge >= 0.3 is 0 Å². The molecule has 0 saturated carbocycles. The summed E-state index contributed by atoms with van der Waals surface area (Å²) in [7, 11) is -9.36. The van der Waals surface area contributed by atoms with E-state index < -0.39 is 35.8 Å². The van der Waals surface area contributed by atoms with Gasteiger partial charge in [-0.15, -0.1) is 20.5 Å². The highest BCUT2D eigenvalue weighted by Gasteiger charge is 2.22. The number of fused-ring (bicyclic) bond motifs is 2. The first-order valence-corrected chi connectivity index (χ1v) is 16.0. The van der Waals surface area contributed by atoms with Gasteiger partial charge in [0.15, 0.2) is 11.5 Å². The summed E-state index contributed by atoms with van der Waals surface area (Å²) in [6.45, 7) is 6.59. The van der Waals surface area contributed by atoms with E-state index in [0.29, 0.717) is 22.3 Å². The zero-order chi connectivity index (χ0) is 33.0. The fourth-order valence-corrected chi connectivity index (χ4v) is 6.47. The Morgan fingerprint density at radius 1 is 0.533 bits per heavy atom. The van der Waals surface area contributed by atoms with Gasteiger partial charge in [-0.3, -0.25) is 9.11 Å². The number of azo groups is 2. The first-order valence-electron chi connectivity index (χ1n) is 13.1. The Kier molecular flexibility index (Phi) is 7.83. The van der Waals surface area contributed by atoms with Crippen molar-refractivity contribution in [2.75, 3.05) is 0 Å². The predicted octanol–water partition coefficient (Wildman–Crippen LogP) is 7.67. The molecule has 13 nitrogen and oxygen atoms in total. The van der Waals surface area contributed by atoms with Crippen molar-refractivity contribution < 1.29 is 41.3 Å². The van der Waals surface area contributed by atoms with Crippen LogP contribution < -0.4 is 0 Å². The Morgan fingerprint density at radius 2 is 1.18 bits per heavy atom. The second-order valence-corrected chi connectivity index (χ2v) is 13.3. The predicted molar refractivity (Wildman–Crippen MR) is 166 cm³/mol. The number of phenols is 3. The van der Waals surface area contributed by atoms with Crippen molar-refractivity contribution in [3.63, 3.8) is 0 Å². The summed E-state index contributed by atoms with van der Waals surface area (Å²) in [5.41, 5.74) is 1.47. The van der Waals surface area contributed by atoms with E-state index in [0.717, 1.165) is 6.07 Å². The fraction of sp³-hybridized carbons (Fsp3) is 0.133. The maximum Gasteiger partial charge on any atom is 0.296 e.